The Hall–Kier alpha value is -1.55. The van der Waals surface area contributed by atoms with E-state index in [9.17, 15) is 4.79 Å². The third kappa shape index (κ3) is 4.47. The Bertz CT molecular complexity index is 549. The van der Waals surface area contributed by atoms with Crippen molar-refractivity contribution in [1.29, 1.82) is 0 Å². The molecule has 23 heavy (non-hydrogen) atoms. The number of likely N-dealkylation sites (N-methyl/N-ethyl adjacent to an activating group) is 1. The summed E-state index contributed by atoms with van der Waals surface area (Å²) < 4.78 is 5.63. The van der Waals surface area contributed by atoms with Crippen LogP contribution in [0.15, 0.2) is 24.3 Å². The first kappa shape index (κ1) is 17.8. The molecule has 1 aliphatic heterocycles. The van der Waals surface area contributed by atoms with Gasteiger partial charge in [0.05, 0.1) is 6.04 Å². The van der Waals surface area contributed by atoms with E-state index in [1.807, 2.05) is 25.7 Å². The van der Waals surface area contributed by atoms with Crippen molar-refractivity contribution in [2.45, 2.75) is 52.2 Å². The van der Waals surface area contributed by atoms with Crippen molar-refractivity contribution < 1.29 is 9.53 Å². The van der Waals surface area contributed by atoms with Gasteiger partial charge in [-0.3, -0.25) is 4.90 Å². The lowest BCUT2D eigenvalue weighted by Crippen LogP contribution is -2.50. The molecule has 0 N–H and O–H groups in total. The average Bonchev–Trinajstić information content (AvgIpc) is 2.45. The predicted octanol–water partition coefficient (Wildman–Crippen LogP) is 4.03. The number of nitrogens with zero attached hydrogens (tertiary/aromatic N) is 2. The maximum Gasteiger partial charge on any atom is 0.410 e. The van der Waals surface area contributed by atoms with Gasteiger partial charge in [0.2, 0.25) is 0 Å². The lowest BCUT2D eigenvalue weighted by molar-refractivity contribution is 0.000918. The Kier molecular flexibility index (Phi) is 5.35. The summed E-state index contributed by atoms with van der Waals surface area (Å²) in [5, 5.41) is 0. The third-order valence-electron chi connectivity index (χ3n) is 4.19. The topological polar surface area (TPSA) is 32.8 Å². The van der Waals surface area contributed by atoms with Gasteiger partial charge in [0.1, 0.15) is 5.60 Å². The summed E-state index contributed by atoms with van der Waals surface area (Å²) in [6.45, 7) is 12.5. The van der Waals surface area contributed by atoms with E-state index >= 15 is 0 Å². The minimum absolute atomic E-state index is 0.0437. The van der Waals surface area contributed by atoms with Gasteiger partial charge in [-0.2, -0.15) is 0 Å². The zero-order chi connectivity index (χ0) is 17.2. The van der Waals surface area contributed by atoms with E-state index in [-0.39, 0.29) is 12.1 Å². The molecule has 1 aromatic carbocycles. The fourth-order valence-corrected chi connectivity index (χ4v) is 3.06. The van der Waals surface area contributed by atoms with Crippen molar-refractivity contribution in [3.63, 3.8) is 0 Å². The summed E-state index contributed by atoms with van der Waals surface area (Å²) in [5.74, 6) is 0.430. The first-order valence-corrected chi connectivity index (χ1v) is 8.46. The highest BCUT2D eigenvalue weighted by atomic mass is 16.6. The van der Waals surface area contributed by atoms with Gasteiger partial charge in [0.15, 0.2) is 0 Å². The smallest absolute Gasteiger partial charge is 0.410 e. The highest BCUT2D eigenvalue weighted by Crippen LogP contribution is 2.32. The number of hydrogen-bond acceptors (Lipinski definition) is 3. The first-order chi connectivity index (χ1) is 10.7. The van der Waals surface area contributed by atoms with Crippen LogP contribution in [0.25, 0.3) is 0 Å². The molecule has 0 saturated carbocycles. The fraction of sp³-hybridized carbons (Fsp3) is 0.632. The normalized spacial score (nSPS) is 20.0. The van der Waals surface area contributed by atoms with Crippen LogP contribution in [0.1, 0.15) is 57.7 Å². The van der Waals surface area contributed by atoms with E-state index < -0.39 is 5.60 Å². The summed E-state index contributed by atoms with van der Waals surface area (Å²) in [7, 11) is 2.11. The second-order valence-electron chi connectivity index (χ2n) is 7.74. The van der Waals surface area contributed by atoms with Gasteiger partial charge >= 0.3 is 6.09 Å². The molecule has 0 aliphatic carbocycles. The van der Waals surface area contributed by atoms with Crippen LogP contribution in [-0.2, 0) is 4.74 Å². The van der Waals surface area contributed by atoms with Crippen LogP contribution >= 0.6 is 0 Å². The largest absolute Gasteiger partial charge is 0.444 e. The molecule has 4 nitrogen and oxygen atoms in total. The lowest BCUT2D eigenvalue weighted by Gasteiger charge is -2.41. The molecule has 0 aromatic heterocycles. The van der Waals surface area contributed by atoms with E-state index in [1.54, 1.807) is 0 Å². The number of amides is 1. The van der Waals surface area contributed by atoms with Crippen molar-refractivity contribution in [2.75, 3.05) is 26.7 Å². The molecule has 1 amide bonds. The maximum atomic E-state index is 12.7. The Morgan fingerprint density at radius 2 is 1.87 bits per heavy atom. The van der Waals surface area contributed by atoms with Gasteiger partial charge in [0.25, 0.3) is 0 Å². The molecule has 4 heteroatoms. The SMILES string of the molecule is CC(C)c1ccccc1C1CN(C)CCN1C(=O)OC(C)(C)C. The molecule has 1 fully saturated rings. The van der Waals surface area contributed by atoms with Gasteiger partial charge < -0.3 is 9.64 Å². The Balaban J connectivity index is 2.33. The van der Waals surface area contributed by atoms with Gasteiger partial charge in [-0.15, -0.1) is 0 Å². The molecule has 1 aromatic rings. The second-order valence-corrected chi connectivity index (χ2v) is 7.74. The zero-order valence-electron chi connectivity index (χ0n) is 15.3. The van der Waals surface area contributed by atoms with Crippen molar-refractivity contribution in [3.8, 4) is 0 Å². The standard InChI is InChI=1S/C19H30N2O2/c1-14(2)15-9-7-8-10-16(15)17-13-20(6)11-12-21(17)18(22)23-19(3,4)5/h7-10,14,17H,11-13H2,1-6H3. The minimum atomic E-state index is -0.470. The number of rotatable bonds is 2. The highest BCUT2D eigenvalue weighted by Gasteiger charge is 2.34. The molecule has 1 aliphatic rings. The van der Waals surface area contributed by atoms with Crippen molar-refractivity contribution in [3.05, 3.63) is 35.4 Å². The number of ether oxygens (including phenoxy) is 1. The van der Waals surface area contributed by atoms with E-state index in [4.69, 9.17) is 4.74 Å². The molecular weight excluding hydrogens is 288 g/mol. The minimum Gasteiger partial charge on any atom is -0.444 e. The summed E-state index contributed by atoms with van der Waals surface area (Å²) in [6, 6.07) is 8.49. The van der Waals surface area contributed by atoms with Gasteiger partial charge in [-0.1, -0.05) is 38.1 Å². The zero-order valence-corrected chi connectivity index (χ0v) is 15.3. The molecule has 0 spiro atoms. The van der Waals surface area contributed by atoms with Crippen LogP contribution in [0.3, 0.4) is 0 Å². The number of piperazine rings is 1. The van der Waals surface area contributed by atoms with Gasteiger partial charge in [-0.25, -0.2) is 4.79 Å². The van der Waals surface area contributed by atoms with E-state index in [0.29, 0.717) is 12.5 Å². The number of carbonyl (C=O) groups is 1. The van der Waals surface area contributed by atoms with Crippen LogP contribution in [0.2, 0.25) is 0 Å². The molecule has 1 unspecified atom stereocenters. The van der Waals surface area contributed by atoms with E-state index in [0.717, 1.165) is 13.1 Å². The molecule has 0 radical (unpaired) electrons. The Morgan fingerprint density at radius 3 is 2.48 bits per heavy atom. The van der Waals surface area contributed by atoms with Crippen molar-refractivity contribution in [2.24, 2.45) is 0 Å². The molecule has 1 saturated heterocycles. The maximum absolute atomic E-state index is 12.7. The fourth-order valence-electron chi connectivity index (χ4n) is 3.06. The Labute approximate surface area is 140 Å². The van der Waals surface area contributed by atoms with Crippen molar-refractivity contribution in [1.82, 2.24) is 9.80 Å². The predicted molar refractivity (Wildman–Crippen MR) is 93.7 cm³/mol. The highest BCUT2D eigenvalue weighted by molar-refractivity contribution is 5.69. The van der Waals surface area contributed by atoms with Gasteiger partial charge in [0, 0.05) is 19.6 Å². The van der Waals surface area contributed by atoms with Crippen LogP contribution in [0.4, 0.5) is 4.79 Å². The van der Waals surface area contributed by atoms with Crippen LogP contribution in [0, 0.1) is 0 Å². The van der Waals surface area contributed by atoms with Crippen LogP contribution in [-0.4, -0.2) is 48.2 Å². The van der Waals surface area contributed by atoms with Gasteiger partial charge in [-0.05, 0) is 44.9 Å². The van der Waals surface area contributed by atoms with E-state index in [2.05, 4.69) is 50.1 Å². The summed E-state index contributed by atoms with van der Waals surface area (Å²) in [6.07, 6.45) is -0.214. The summed E-state index contributed by atoms with van der Waals surface area (Å²) in [5.41, 5.74) is 2.07. The Morgan fingerprint density at radius 1 is 1.22 bits per heavy atom. The molecule has 128 valence electrons. The lowest BCUT2D eigenvalue weighted by atomic mass is 9.91. The van der Waals surface area contributed by atoms with Crippen LogP contribution in [0.5, 0.6) is 0 Å². The quantitative estimate of drug-likeness (QED) is 0.825. The monoisotopic (exact) mass is 318 g/mol. The molecular formula is C19H30N2O2. The average molecular weight is 318 g/mol. The third-order valence-corrected chi connectivity index (χ3v) is 4.19. The number of benzene rings is 1. The molecule has 1 heterocycles. The first-order valence-electron chi connectivity index (χ1n) is 8.46. The summed E-state index contributed by atoms with van der Waals surface area (Å²) in [4.78, 5) is 16.8. The number of hydrogen-bond donors (Lipinski definition) is 0. The molecule has 1 atom stereocenters. The summed E-state index contributed by atoms with van der Waals surface area (Å²) >= 11 is 0. The van der Waals surface area contributed by atoms with Crippen LogP contribution < -0.4 is 0 Å². The van der Waals surface area contributed by atoms with E-state index in [1.165, 1.54) is 11.1 Å². The molecule has 0 bridgehead atoms. The molecule has 2 rings (SSSR count). The van der Waals surface area contributed by atoms with Crippen molar-refractivity contribution >= 4 is 6.09 Å². The number of carbonyl (C=O) groups excluding carboxylic acids is 1. The second kappa shape index (κ2) is 6.91.